The molecule has 1 saturated carbocycles. The summed E-state index contributed by atoms with van der Waals surface area (Å²) in [5, 5.41) is 14.3. The van der Waals surface area contributed by atoms with Gasteiger partial charge in [-0.15, -0.1) is 5.92 Å². The highest BCUT2D eigenvalue weighted by Crippen LogP contribution is 2.27. The molecule has 0 saturated heterocycles. The van der Waals surface area contributed by atoms with Crippen molar-refractivity contribution in [3.05, 3.63) is 71.3 Å². The van der Waals surface area contributed by atoms with Crippen molar-refractivity contribution in [3.8, 4) is 23.0 Å². The largest absolute Gasteiger partial charge is 0.478 e. The van der Waals surface area contributed by atoms with Crippen LogP contribution in [0.4, 0.5) is 0 Å². The van der Waals surface area contributed by atoms with Gasteiger partial charge >= 0.3 is 5.97 Å². The van der Waals surface area contributed by atoms with Gasteiger partial charge < -0.3 is 5.11 Å². The zero-order valence-electron chi connectivity index (χ0n) is 18.6. The fourth-order valence-corrected chi connectivity index (χ4v) is 4.47. The molecule has 3 aromatic rings. The van der Waals surface area contributed by atoms with Gasteiger partial charge in [-0.05, 0) is 35.6 Å². The van der Waals surface area contributed by atoms with Crippen molar-refractivity contribution in [2.75, 3.05) is 0 Å². The lowest BCUT2D eigenvalue weighted by molar-refractivity contribution is 0.0697. The Hall–Kier alpha value is -3.39. The minimum absolute atomic E-state index is 0.310. The van der Waals surface area contributed by atoms with Crippen LogP contribution in [0, 0.1) is 17.8 Å². The van der Waals surface area contributed by atoms with E-state index in [4.69, 9.17) is 10.1 Å². The first-order valence-electron chi connectivity index (χ1n) is 11.4. The second kappa shape index (κ2) is 10.3. The quantitative estimate of drug-likeness (QED) is 0.514. The van der Waals surface area contributed by atoms with Crippen LogP contribution in [0.15, 0.2) is 48.5 Å². The third-order valence-corrected chi connectivity index (χ3v) is 6.17. The molecular formula is C27H29N3O2. The highest BCUT2D eigenvalue weighted by atomic mass is 16.4. The Morgan fingerprint density at radius 2 is 1.84 bits per heavy atom. The summed E-state index contributed by atoms with van der Waals surface area (Å²) in [5.41, 5.74) is 3.02. The maximum atomic E-state index is 11.5. The molecule has 0 spiro atoms. The molecule has 0 unspecified atom stereocenters. The third kappa shape index (κ3) is 5.26. The van der Waals surface area contributed by atoms with Crippen LogP contribution in [0.3, 0.4) is 0 Å². The number of rotatable bonds is 7. The van der Waals surface area contributed by atoms with Gasteiger partial charge in [-0.3, -0.25) is 0 Å². The summed E-state index contributed by atoms with van der Waals surface area (Å²) in [6.45, 7) is 2.47. The molecule has 0 bridgehead atoms. The van der Waals surface area contributed by atoms with Crippen molar-refractivity contribution in [2.24, 2.45) is 5.92 Å². The maximum Gasteiger partial charge on any atom is 0.336 e. The molecule has 32 heavy (non-hydrogen) atoms. The monoisotopic (exact) mass is 427 g/mol. The van der Waals surface area contributed by atoms with E-state index in [9.17, 15) is 9.90 Å². The Bertz CT molecular complexity index is 1130. The van der Waals surface area contributed by atoms with Crippen LogP contribution in [0.25, 0.3) is 11.1 Å². The smallest absolute Gasteiger partial charge is 0.336 e. The van der Waals surface area contributed by atoms with E-state index in [1.807, 2.05) is 48.0 Å². The molecule has 1 aliphatic rings. The van der Waals surface area contributed by atoms with E-state index in [0.29, 0.717) is 24.4 Å². The molecule has 0 radical (unpaired) electrons. The molecule has 4 rings (SSSR count). The van der Waals surface area contributed by atoms with Gasteiger partial charge in [0, 0.05) is 6.42 Å². The summed E-state index contributed by atoms with van der Waals surface area (Å²) < 4.78 is 1.97. The molecule has 1 aliphatic carbocycles. The zero-order chi connectivity index (χ0) is 22.3. The summed E-state index contributed by atoms with van der Waals surface area (Å²) in [5.74, 6) is 7.70. The standard InChI is InChI=1S/C27H29N3O2/c1-2-3-13-26-28-25(18-20-9-5-4-6-10-20)29-30(26)19-21-14-16-22(17-15-21)23-11-7-8-12-24(23)27(31)32/h7-8,11-12,14-17,20H,4-6,9-10,13,18-19H2,1H3,(H,31,32). The van der Waals surface area contributed by atoms with Gasteiger partial charge in [0.2, 0.25) is 0 Å². The van der Waals surface area contributed by atoms with Crippen molar-refractivity contribution in [1.82, 2.24) is 14.8 Å². The Morgan fingerprint density at radius 1 is 1.09 bits per heavy atom. The maximum absolute atomic E-state index is 11.5. The number of aromatic nitrogens is 3. The molecule has 0 atom stereocenters. The molecule has 5 heteroatoms. The van der Waals surface area contributed by atoms with E-state index in [2.05, 4.69) is 11.8 Å². The average molecular weight is 428 g/mol. The van der Waals surface area contributed by atoms with Gasteiger partial charge in [0.1, 0.15) is 5.82 Å². The predicted molar refractivity (Wildman–Crippen MR) is 125 cm³/mol. The van der Waals surface area contributed by atoms with Crippen LogP contribution < -0.4 is 0 Å². The van der Waals surface area contributed by atoms with Gasteiger partial charge in [-0.2, -0.15) is 5.10 Å². The second-order valence-corrected chi connectivity index (χ2v) is 8.46. The Balaban J connectivity index is 1.53. The van der Waals surface area contributed by atoms with E-state index in [1.54, 1.807) is 12.1 Å². The van der Waals surface area contributed by atoms with Crippen LogP contribution >= 0.6 is 0 Å². The SMILES string of the molecule is CC#CCc1nc(CC2CCCCC2)nn1Cc1ccc(-c2ccccc2C(=O)O)cc1. The molecule has 1 aromatic heterocycles. The van der Waals surface area contributed by atoms with Crippen molar-refractivity contribution >= 4 is 5.97 Å². The minimum atomic E-state index is -0.917. The first-order valence-corrected chi connectivity index (χ1v) is 11.4. The van der Waals surface area contributed by atoms with Gasteiger partial charge in [0.05, 0.1) is 18.5 Å². The van der Waals surface area contributed by atoms with Gasteiger partial charge in [-0.1, -0.05) is 80.5 Å². The molecule has 1 N–H and O–H groups in total. The number of nitrogens with zero attached hydrogens (tertiary/aromatic N) is 3. The van der Waals surface area contributed by atoms with Gasteiger partial charge in [0.25, 0.3) is 0 Å². The minimum Gasteiger partial charge on any atom is -0.478 e. The number of hydrogen-bond acceptors (Lipinski definition) is 3. The summed E-state index contributed by atoms with van der Waals surface area (Å²) in [6.07, 6.45) is 8.08. The van der Waals surface area contributed by atoms with E-state index in [0.717, 1.165) is 34.8 Å². The first kappa shape index (κ1) is 21.8. The summed E-state index contributed by atoms with van der Waals surface area (Å²) >= 11 is 0. The van der Waals surface area contributed by atoms with Crippen LogP contribution in [0.5, 0.6) is 0 Å². The second-order valence-electron chi connectivity index (χ2n) is 8.46. The number of carboxylic acids is 1. The van der Waals surface area contributed by atoms with Gasteiger partial charge in [-0.25, -0.2) is 14.5 Å². The average Bonchev–Trinajstić information content (AvgIpc) is 3.19. The summed E-state index contributed by atoms with van der Waals surface area (Å²) in [6, 6.07) is 15.1. The number of carboxylic acid groups (broad SMARTS) is 1. The zero-order valence-corrected chi connectivity index (χ0v) is 18.6. The van der Waals surface area contributed by atoms with Crippen molar-refractivity contribution in [2.45, 2.75) is 58.4 Å². The number of aromatic carboxylic acids is 1. The molecule has 1 fully saturated rings. The lowest BCUT2D eigenvalue weighted by atomic mass is 9.87. The van der Waals surface area contributed by atoms with Crippen LogP contribution in [-0.4, -0.2) is 25.8 Å². The highest BCUT2D eigenvalue weighted by Gasteiger charge is 2.18. The number of hydrogen-bond donors (Lipinski definition) is 1. The molecule has 2 aromatic carbocycles. The lowest BCUT2D eigenvalue weighted by Gasteiger charge is -2.19. The molecule has 0 amide bonds. The van der Waals surface area contributed by atoms with E-state index in [1.165, 1.54) is 32.1 Å². The van der Waals surface area contributed by atoms with Gasteiger partial charge in [0.15, 0.2) is 5.82 Å². The van der Waals surface area contributed by atoms with E-state index < -0.39 is 5.97 Å². The van der Waals surface area contributed by atoms with Crippen LogP contribution in [-0.2, 0) is 19.4 Å². The van der Waals surface area contributed by atoms with Crippen LogP contribution in [0.2, 0.25) is 0 Å². The molecular weight excluding hydrogens is 398 g/mol. The molecule has 164 valence electrons. The topological polar surface area (TPSA) is 68.0 Å². The van der Waals surface area contributed by atoms with Crippen molar-refractivity contribution < 1.29 is 9.90 Å². The fraction of sp³-hybridized carbons (Fsp3) is 0.370. The Kier molecular flexibility index (Phi) is 7.01. The normalized spacial score (nSPS) is 14.0. The number of benzene rings is 2. The highest BCUT2D eigenvalue weighted by molar-refractivity contribution is 5.95. The molecule has 1 heterocycles. The lowest BCUT2D eigenvalue weighted by Crippen LogP contribution is -2.11. The molecule has 5 nitrogen and oxygen atoms in total. The van der Waals surface area contributed by atoms with E-state index in [-0.39, 0.29) is 0 Å². The number of carbonyl (C=O) groups is 1. The summed E-state index contributed by atoms with van der Waals surface area (Å²) in [4.78, 5) is 16.4. The summed E-state index contributed by atoms with van der Waals surface area (Å²) in [7, 11) is 0. The predicted octanol–water partition coefficient (Wildman–Crippen LogP) is 5.38. The molecule has 0 aliphatic heterocycles. The Labute approximate surface area is 189 Å². The van der Waals surface area contributed by atoms with Crippen molar-refractivity contribution in [3.63, 3.8) is 0 Å². The third-order valence-electron chi connectivity index (χ3n) is 6.17. The van der Waals surface area contributed by atoms with Crippen molar-refractivity contribution in [1.29, 1.82) is 0 Å². The fourth-order valence-electron chi connectivity index (χ4n) is 4.47. The first-order chi connectivity index (χ1) is 15.6. The van der Waals surface area contributed by atoms with Crippen LogP contribution in [0.1, 0.15) is 66.6 Å². The van der Waals surface area contributed by atoms with E-state index >= 15 is 0 Å². The Morgan fingerprint density at radius 3 is 2.56 bits per heavy atom.